The molecule has 0 aliphatic heterocycles. The van der Waals surface area contributed by atoms with Gasteiger partial charge in [0.25, 0.3) is 0 Å². The maximum Gasteiger partial charge on any atom is 0.0431 e. The van der Waals surface area contributed by atoms with Crippen molar-refractivity contribution in [3.05, 3.63) is 0 Å². The van der Waals surface area contributed by atoms with E-state index in [1.54, 1.807) is 0 Å². The summed E-state index contributed by atoms with van der Waals surface area (Å²) in [6.45, 7) is 2.69. The molecule has 0 unspecified atom stereocenters. The molecule has 0 saturated carbocycles. The zero-order valence-electron chi connectivity index (χ0n) is 48.8. The summed E-state index contributed by atoms with van der Waals surface area (Å²) in [7, 11) is 0. The van der Waals surface area contributed by atoms with Crippen LogP contribution >= 0.6 is 0 Å². The van der Waals surface area contributed by atoms with Crippen molar-refractivity contribution in [3.63, 3.8) is 0 Å². The molecule has 0 amide bonds. The van der Waals surface area contributed by atoms with Gasteiger partial charge in [-0.15, -0.1) is 0 Å². The molecule has 0 rings (SSSR count). The quantitative estimate of drug-likeness (QED) is 0.0602. The molecule has 0 fully saturated rings. The summed E-state index contributed by atoms with van der Waals surface area (Å²) < 4.78 is 0. The summed E-state index contributed by atoms with van der Waals surface area (Å²) in [5.41, 5.74) is 0. The van der Waals surface area contributed by atoms with Crippen LogP contribution in [0.3, 0.4) is 0 Å². The minimum atomic E-state index is 0.375. The van der Waals surface area contributed by atoms with Crippen LogP contribution in [0.4, 0.5) is 0 Å². The van der Waals surface area contributed by atoms with Gasteiger partial charge in [0, 0.05) is 6.61 Å². The Morgan fingerprint density at radius 1 is 0.116 bits per heavy atom. The van der Waals surface area contributed by atoms with Gasteiger partial charge in [0.15, 0.2) is 0 Å². The minimum Gasteiger partial charge on any atom is -0.396 e. The molecule has 0 bridgehead atoms. The molecule has 0 aromatic carbocycles. The molecule has 69 heavy (non-hydrogen) atoms. The van der Waals surface area contributed by atoms with Gasteiger partial charge in [-0.25, -0.2) is 0 Å². The van der Waals surface area contributed by atoms with Crippen molar-refractivity contribution in [1.29, 1.82) is 0 Å². The summed E-state index contributed by atoms with van der Waals surface area (Å²) in [4.78, 5) is 0. The molecule has 1 heteroatoms. The Hall–Kier alpha value is -0.0400. The highest BCUT2D eigenvalue weighted by Gasteiger charge is 2.01. The van der Waals surface area contributed by atoms with E-state index in [9.17, 15) is 0 Å². The van der Waals surface area contributed by atoms with Gasteiger partial charge in [-0.1, -0.05) is 424 Å². The van der Waals surface area contributed by atoms with Crippen molar-refractivity contribution in [1.82, 2.24) is 0 Å². The number of hydrogen-bond donors (Lipinski definition) is 1. The van der Waals surface area contributed by atoms with Crippen molar-refractivity contribution in [2.24, 2.45) is 0 Å². The molecular formula is C68H138O. The van der Waals surface area contributed by atoms with Crippen LogP contribution < -0.4 is 0 Å². The predicted molar refractivity (Wildman–Crippen MR) is 317 cm³/mol. The van der Waals surface area contributed by atoms with Crippen molar-refractivity contribution in [2.75, 3.05) is 6.61 Å². The lowest BCUT2D eigenvalue weighted by molar-refractivity contribution is 0.282. The monoisotopic (exact) mass is 971 g/mol. The molecule has 1 nitrogen and oxygen atoms in total. The maximum absolute atomic E-state index is 8.84. The molecule has 416 valence electrons. The Morgan fingerprint density at radius 3 is 0.261 bits per heavy atom. The van der Waals surface area contributed by atoms with Gasteiger partial charge < -0.3 is 5.11 Å². The average Bonchev–Trinajstić information content (AvgIpc) is 3.36. The number of aliphatic hydroxyl groups excluding tert-OH is 1. The third-order valence-corrected chi connectivity index (χ3v) is 16.5. The summed E-state index contributed by atoms with van der Waals surface area (Å²) in [6, 6.07) is 0. The molecule has 0 aliphatic rings. The van der Waals surface area contributed by atoms with Crippen LogP contribution in [-0.4, -0.2) is 11.7 Å². The van der Waals surface area contributed by atoms with Gasteiger partial charge in [0.1, 0.15) is 0 Å². The highest BCUT2D eigenvalue weighted by Crippen LogP contribution is 2.20. The first-order valence-electron chi connectivity index (χ1n) is 34.0. The summed E-state index contributed by atoms with van der Waals surface area (Å²) in [5, 5.41) is 8.84. The van der Waals surface area contributed by atoms with E-state index in [0.717, 1.165) is 6.42 Å². The Balaban J connectivity index is 3.07. The Labute approximate surface area is 440 Å². The first-order chi connectivity index (χ1) is 34.4. The Morgan fingerprint density at radius 2 is 0.188 bits per heavy atom. The van der Waals surface area contributed by atoms with E-state index >= 15 is 0 Å². The molecule has 0 radical (unpaired) electrons. The molecular weight excluding hydrogens is 833 g/mol. The zero-order valence-corrected chi connectivity index (χ0v) is 48.8. The number of unbranched alkanes of at least 4 members (excludes halogenated alkanes) is 65. The van der Waals surface area contributed by atoms with Gasteiger partial charge in [-0.3, -0.25) is 0 Å². The van der Waals surface area contributed by atoms with Crippen molar-refractivity contribution >= 4 is 0 Å². The van der Waals surface area contributed by atoms with Crippen LogP contribution in [0.5, 0.6) is 0 Å². The Kier molecular flexibility index (Phi) is 67.9. The maximum atomic E-state index is 8.84. The zero-order chi connectivity index (χ0) is 49.4. The fourth-order valence-corrected chi connectivity index (χ4v) is 11.5. The van der Waals surface area contributed by atoms with Crippen molar-refractivity contribution in [3.8, 4) is 0 Å². The van der Waals surface area contributed by atoms with Crippen molar-refractivity contribution in [2.45, 2.75) is 431 Å². The standard InChI is InChI=1S/C68H138O/c1-2-3-4-5-6-7-8-9-10-11-12-13-14-15-16-17-18-19-20-21-22-23-24-25-26-27-28-29-30-31-32-33-34-35-36-37-38-39-40-41-42-43-44-45-46-47-48-49-50-51-52-53-54-55-56-57-58-59-60-61-62-63-64-65-66-67-68-69/h69H,2-68H2,1H3. The number of rotatable bonds is 66. The highest BCUT2D eigenvalue weighted by atomic mass is 16.2. The lowest BCUT2D eigenvalue weighted by Crippen LogP contribution is -1.85. The fourth-order valence-electron chi connectivity index (χ4n) is 11.5. The van der Waals surface area contributed by atoms with Crippen molar-refractivity contribution < 1.29 is 5.11 Å². The van der Waals surface area contributed by atoms with E-state index in [2.05, 4.69) is 6.92 Å². The fraction of sp³-hybridized carbons (Fsp3) is 1.00. The second kappa shape index (κ2) is 68.0. The SMILES string of the molecule is CCCCCCCCCCCCCCCCCCCCCCCCCCCCCCCCCCCCCCCCCCCCCCCCCCCCCCCCCCCCCCCCCCCCO. The third-order valence-electron chi connectivity index (χ3n) is 16.5. The lowest BCUT2D eigenvalue weighted by Gasteiger charge is -2.05. The van der Waals surface area contributed by atoms with E-state index in [1.807, 2.05) is 0 Å². The number of aliphatic hydroxyl groups is 1. The van der Waals surface area contributed by atoms with Gasteiger partial charge in [0.05, 0.1) is 0 Å². The Bertz CT molecular complexity index is 754. The van der Waals surface area contributed by atoms with E-state index < -0.39 is 0 Å². The van der Waals surface area contributed by atoms with Crippen LogP contribution in [0, 0.1) is 0 Å². The van der Waals surface area contributed by atoms with E-state index in [0.29, 0.717) is 6.61 Å². The van der Waals surface area contributed by atoms with Crippen LogP contribution in [0.2, 0.25) is 0 Å². The lowest BCUT2D eigenvalue weighted by atomic mass is 10.0. The third kappa shape index (κ3) is 68.0. The summed E-state index contributed by atoms with van der Waals surface area (Å²) in [5.74, 6) is 0. The summed E-state index contributed by atoms with van der Waals surface area (Å²) >= 11 is 0. The van der Waals surface area contributed by atoms with Gasteiger partial charge in [-0.2, -0.15) is 0 Å². The summed E-state index contributed by atoms with van der Waals surface area (Å²) in [6.07, 6.45) is 97.0. The van der Waals surface area contributed by atoms with Crippen LogP contribution in [-0.2, 0) is 0 Å². The van der Waals surface area contributed by atoms with Gasteiger partial charge in [-0.05, 0) is 6.42 Å². The molecule has 0 saturated heterocycles. The largest absolute Gasteiger partial charge is 0.396 e. The predicted octanol–water partition coefficient (Wildman–Crippen LogP) is 25.7. The molecule has 0 heterocycles. The molecule has 0 aromatic rings. The minimum absolute atomic E-state index is 0.375. The molecule has 0 aliphatic carbocycles. The van der Waals surface area contributed by atoms with Gasteiger partial charge in [0.2, 0.25) is 0 Å². The first-order valence-corrected chi connectivity index (χ1v) is 34.0. The second-order valence-corrected chi connectivity index (χ2v) is 23.7. The highest BCUT2D eigenvalue weighted by molar-refractivity contribution is 4.56. The van der Waals surface area contributed by atoms with E-state index in [4.69, 9.17) is 5.11 Å². The first kappa shape index (κ1) is 69.0. The molecule has 1 N–H and O–H groups in total. The topological polar surface area (TPSA) is 20.2 Å². The van der Waals surface area contributed by atoms with E-state index in [1.165, 1.54) is 417 Å². The average molecular weight is 972 g/mol. The normalized spacial score (nSPS) is 11.7. The second-order valence-electron chi connectivity index (χ2n) is 23.7. The molecule has 0 spiro atoms. The molecule has 0 aromatic heterocycles. The van der Waals surface area contributed by atoms with Crippen LogP contribution in [0.15, 0.2) is 0 Å². The molecule has 0 atom stereocenters. The number of hydrogen-bond acceptors (Lipinski definition) is 1. The van der Waals surface area contributed by atoms with Crippen LogP contribution in [0.25, 0.3) is 0 Å². The van der Waals surface area contributed by atoms with Gasteiger partial charge >= 0.3 is 0 Å². The van der Waals surface area contributed by atoms with Crippen LogP contribution in [0.1, 0.15) is 431 Å². The van der Waals surface area contributed by atoms with E-state index in [-0.39, 0.29) is 0 Å². The smallest absolute Gasteiger partial charge is 0.0431 e.